The van der Waals surface area contributed by atoms with Gasteiger partial charge in [0.2, 0.25) is 10.0 Å². The Labute approximate surface area is 127 Å². The minimum Gasteiger partial charge on any atom is -0.396 e. The first-order chi connectivity index (χ1) is 10.4. The highest BCUT2D eigenvalue weighted by atomic mass is 32.2. The van der Waals surface area contributed by atoms with Crippen molar-refractivity contribution in [2.24, 2.45) is 5.41 Å². The van der Waals surface area contributed by atoms with E-state index >= 15 is 0 Å². The van der Waals surface area contributed by atoms with Gasteiger partial charge < -0.3 is 15.1 Å². The van der Waals surface area contributed by atoms with Crippen molar-refractivity contribution in [2.45, 2.75) is 30.6 Å². The van der Waals surface area contributed by atoms with Crippen molar-refractivity contribution >= 4 is 21.1 Å². The lowest BCUT2D eigenvalue weighted by atomic mass is 9.88. The summed E-state index contributed by atoms with van der Waals surface area (Å²) in [5.41, 5.74) is 0.291. The maximum atomic E-state index is 12.4. The maximum Gasteiger partial charge on any atom is 0.323 e. The van der Waals surface area contributed by atoms with Gasteiger partial charge in [-0.2, -0.15) is 0 Å². The molecule has 1 heterocycles. The fraction of sp³-hybridized carbons (Fsp3) is 0.500. The van der Waals surface area contributed by atoms with Gasteiger partial charge in [0.1, 0.15) is 0 Å². The molecule has 120 valence electrons. The Hall–Kier alpha value is -1.64. The normalized spacial score (nSPS) is 18.0. The van der Waals surface area contributed by atoms with Gasteiger partial charge in [-0.15, -0.1) is 0 Å². The van der Waals surface area contributed by atoms with Gasteiger partial charge in [0.15, 0.2) is 0 Å². The molecule has 0 radical (unpaired) electrons. The van der Waals surface area contributed by atoms with Crippen LogP contribution < -0.4 is 10.4 Å². The van der Waals surface area contributed by atoms with Crippen molar-refractivity contribution in [3.8, 4) is 0 Å². The summed E-state index contributed by atoms with van der Waals surface area (Å²) in [7, 11) is -3.68. The van der Waals surface area contributed by atoms with E-state index in [1.165, 1.54) is 12.1 Å². The third kappa shape index (κ3) is 2.81. The van der Waals surface area contributed by atoms with E-state index in [9.17, 15) is 18.3 Å². The van der Waals surface area contributed by atoms with Gasteiger partial charge in [-0.05, 0) is 31.0 Å². The second-order valence-corrected chi connectivity index (χ2v) is 7.74. The van der Waals surface area contributed by atoms with Gasteiger partial charge in [0, 0.05) is 18.6 Å². The van der Waals surface area contributed by atoms with Crippen molar-refractivity contribution in [1.29, 1.82) is 0 Å². The maximum absolute atomic E-state index is 12.4. The number of hydrogen-bond acceptors (Lipinski definition) is 4. The average Bonchev–Trinajstić information content (AvgIpc) is 3.10. The number of fused-ring (bicyclic) bond motifs is 1. The van der Waals surface area contributed by atoms with Crippen LogP contribution in [0.1, 0.15) is 25.7 Å². The van der Waals surface area contributed by atoms with Gasteiger partial charge >= 0.3 is 5.69 Å². The number of rotatable bonds is 5. The monoisotopic (exact) mass is 325 g/mol. The number of aliphatic hydroxyl groups is 1. The first-order valence-electron chi connectivity index (χ1n) is 7.27. The molecule has 22 heavy (non-hydrogen) atoms. The molecule has 1 aliphatic rings. The summed E-state index contributed by atoms with van der Waals surface area (Å²) in [6.45, 7) is 0.215. The van der Waals surface area contributed by atoms with Crippen molar-refractivity contribution in [2.75, 3.05) is 13.2 Å². The van der Waals surface area contributed by atoms with E-state index in [4.69, 9.17) is 0 Å². The molecule has 0 atom stereocenters. The number of aromatic amines is 2. The number of hydrogen-bond donors (Lipinski definition) is 4. The molecule has 0 spiro atoms. The summed E-state index contributed by atoms with van der Waals surface area (Å²) < 4.78 is 27.4. The average molecular weight is 325 g/mol. The van der Waals surface area contributed by atoms with Crippen LogP contribution in [0.5, 0.6) is 0 Å². The molecule has 0 unspecified atom stereocenters. The third-order valence-corrected chi connectivity index (χ3v) is 5.83. The van der Waals surface area contributed by atoms with Crippen LogP contribution in [0.25, 0.3) is 11.0 Å². The van der Waals surface area contributed by atoms with Crippen LogP contribution in [-0.4, -0.2) is 36.6 Å². The fourth-order valence-corrected chi connectivity index (χ4v) is 4.21. The number of nitrogens with one attached hydrogen (secondary N) is 3. The van der Waals surface area contributed by atoms with Crippen LogP contribution in [-0.2, 0) is 10.0 Å². The van der Waals surface area contributed by atoms with E-state index in [1.54, 1.807) is 6.07 Å². The van der Waals surface area contributed by atoms with Crippen LogP contribution in [0, 0.1) is 5.41 Å². The Bertz CT molecular complexity index is 831. The predicted molar refractivity (Wildman–Crippen MR) is 82.1 cm³/mol. The molecule has 2 aromatic rings. The predicted octanol–water partition coefficient (Wildman–Crippen LogP) is 0.687. The van der Waals surface area contributed by atoms with E-state index < -0.39 is 10.0 Å². The molecular weight excluding hydrogens is 306 g/mol. The van der Waals surface area contributed by atoms with E-state index in [2.05, 4.69) is 14.7 Å². The molecule has 1 saturated carbocycles. The Kier molecular flexibility index (Phi) is 3.84. The second kappa shape index (κ2) is 5.53. The quantitative estimate of drug-likeness (QED) is 0.647. The first kappa shape index (κ1) is 15.3. The molecule has 1 aromatic heterocycles. The van der Waals surface area contributed by atoms with Gasteiger partial charge in [-0.25, -0.2) is 17.9 Å². The fourth-order valence-electron chi connectivity index (χ4n) is 3.03. The Morgan fingerprint density at radius 3 is 2.55 bits per heavy atom. The van der Waals surface area contributed by atoms with Crippen LogP contribution >= 0.6 is 0 Å². The molecule has 4 N–H and O–H groups in total. The number of benzene rings is 1. The molecule has 0 aliphatic heterocycles. The molecule has 7 nitrogen and oxygen atoms in total. The van der Waals surface area contributed by atoms with Crippen molar-refractivity contribution in [3.63, 3.8) is 0 Å². The lowest BCUT2D eigenvalue weighted by molar-refractivity contribution is 0.134. The van der Waals surface area contributed by atoms with E-state index in [1.807, 2.05) is 0 Å². The summed E-state index contributed by atoms with van der Waals surface area (Å²) in [6, 6.07) is 4.43. The van der Waals surface area contributed by atoms with Crippen LogP contribution in [0.4, 0.5) is 0 Å². The van der Waals surface area contributed by atoms with Gasteiger partial charge in [-0.1, -0.05) is 12.8 Å². The topological polar surface area (TPSA) is 115 Å². The number of H-pyrrole nitrogens is 2. The van der Waals surface area contributed by atoms with Gasteiger partial charge in [-0.3, -0.25) is 0 Å². The van der Waals surface area contributed by atoms with E-state index in [0.29, 0.717) is 11.0 Å². The van der Waals surface area contributed by atoms with Crippen molar-refractivity contribution in [3.05, 3.63) is 28.7 Å². The number of imidazole rings is 1. The van der Waals surface area contributed by atoms with Crippen molar-refractivity contribution in [1.82, 2.24) is 14.7 Å². The van der Waals surface area contributed by atoms with Crippen LogP contribution in [0.15, 0.2) is 27.9 Å². The molecule has 1 fully saturated rings. The molecule has 0 saturated heterocycles. The summed E-state index contributed by atoms with van der Waals surface area (Å²) in [5.74, 6) is 0. The molecule has 0 bridgehead atoms. The summed E-state index contributed by atoms with van der Waals surface area (Å²) in [4.78, 5) is 16.4. The Morgan fingerprint density at radius 1 is 1.18 bits per heavy atom. The molecule has 0 amide bonds. The van der Waals surface area contributed by atoms with E-state index in [-0.39, 0.29) is 29.2 Å². The third-order valence-electron chi connectivity index (χ3n) is 4.43. The SMILES string of the molecule is O=c1[nH]c2ccc(S(=O)(=O)NCC3(CO)CCCC3)cc2[nH]1. The zero-order chi connectivity index (χ0) is 15.8. The van der Waals surface area contributed by atoms with Gasteiger partial charge in [0.05, 0.1) is 15.9 Å². The zero-order valence-electron chi connectivity index (χ0n) is 12.1. The van der Waals surface area contributed by atoms with Crippen LogP contribution in [0.3, 0.4) is 0 Å². The highest BCUT2D eigenvalue weighted by molar-refractivity contribution is 7.89. The zero-order valence-corrected chi connectivity index (χ0v) is 12.9. The minimum absolute atomic E-state index is 0.0142. The molecule has 8 heteroatoms. The first-order valence-corrected chi connectivity index (χ1v) is 8.75. The molecule has 1 aliphatic carbocycles. The number of sulfonamides is 1. The largest absolute Gasteiger partial charge is 0.396 e. The Balaban J connectivity index is 1.83. The molecule has 3 rings (SSSR count). The summed E-state index contributed by atoms with van der Waals surface area (Å²) in [6.07, 6.45) is 3.68. The highest BCUT2D eigenvalue weighted by Gasteiger charge is 2.34. The van der Waals surface area contributed by atoms with Crippen LogP contribution in [0.2, 0.25) is 0 Å². The minimum atomic E-state index is -3.68. The summed E-state index contributed by atoms with van der Waals surface area (Å²) in [5, 5.41) is 9.55. The van der Waals surface area contributed by atoms with Crippen molar-refractivity contribution < 1.29 is 13.5 Å². The summed E-state index contributed by atoms with van der Waals surface area (Å²) >= 11 is 0. The molecule has 1 aromatic carbocycles. The second-order valence-electron chi connectivity index (χ2n) is 5.98. The van der Waals surface area contributed by atoms with E-state index in [0.717, 1.165) is 25.7 Å². The molecular formula is C14H19N3O4S. The lowest BCUT2D eigenvalue weighted by Gasteiger charge is -2.26. The standard InChI is InChI=1S/C14H19N3O4S/c18-9-14(5-1-2-6-14)8-15-22(20,21)10-3-4-11-12(7-10)17-13(19)16-11/h3-4,7,15,18H,1-2,5-6,8-9H2,(H2,16,17,19). The Morgan fingerprint density at radius 2 is 1.86 bits per heavy atom. The number of aliphatic hydroxyl groups excluding tert-OH is 1. The lowest BCUT2D eigenvalue weighted by Crippen LogP contribution is -2.38. The number of aromatic nitrogens is 2. The van der Waals surface area contributed by atoms with Gasteiger partial charge in [0.25, 0.3) is 0 Å². The highest BCUT2D eigenvalue weighted by Crippen LogP contribution is 2.37. The smallest absolute Gasteiger partial charge is 0.323 e.